The van der Waals surface area contributed by atoms with Crippen molar-refractivity contribution in [3.05, 3.63) is 29.3 Å². The topological polar surface area (TPSA) is 49.8 Å². The van der Waals surface area contributed by atoms with Crippen LogP contribution in [0.1, 0.15) is 19.3 Å². The van der Waals surface area contributed by atoms with Crippen LogP contribution in [0.5, 0.6) is 5.75 Å². The van der Waals surface area contributed by atoms with Crippen LogP contribution in [-0.2, 0) is 4.79 Å². The van der Waals surface area contributed by atoms with E-state index in [9.17, 15) is 4.79 Å². The summed E-state index contributed by atoms with van der Waals surface area (Å²) in [4.78, 5) is 13.0. The van der Waals surface area contributed by atoms with Gasteiger partial charge in [-0.3, -0.25) is 9.69 Å². The molecule has 1 N–H and O–H groups in total. The van der Waals surface area contributed by atoms with Crippen LogP contribution in [-0.4, -0.2) is 41.7 Å². The number of carbonyl (C=O) groups is 1. The van der Waals surface area contributed by atoms with Gasteiger partial charge in [0, 0.05) is 12.6 Å². The number of hydrogen-bond acceptors (Lipinski definition) is 3. The highest BCUT2D eigenvalue weighted by atomic mass is 35.5. The lowest BCUT2D eigenvalue weighted by molar-refractivity contribution is -0.138. The highest BCUT2D eigenvalue weighted by Crippen LogP contribution is 2.24. The predicted molar refractivity (Wildman–Crippen MR) is 73.8 cm³/mol. The minimum absolute atomic E-state index is 0.146. The Morgan fingerprint density at radius 3 is 3.00 bits per heavy atom. The fraction of sp³-hybridized carbons (Fsp3) is 0.500. The fourth-order valence-corrected chi connectivity index (χ4v) is 2.65. The van der Waals surface area contributed by atoms with Crippen molar-refractivity contribution in [3.63, 3.8) is 0 Å². The molecule has 1 fully saturated rings. The third-order valence-corrected chi connectivity index (χ3v) is 3.69. The summed E-state index contributed by atoms with van der Waals surface area (Å²) in [5, 5.41) is 9.46. The van der Waals surface area contributed by atoms with Crippen LogP contribution in [0.2, 0.25) is 5.02 Å². The zero-order chi connectivity index (χ0) is 13.7. The van der Waals surface area contributed by atoms with E-state index in [0.29, 0.717) is 17.4 Å². The van der Waals surface area contributed by atoms with Gasteiger partial charge >= 0.3 is 5.97 Å². The summed E-state index contributed by atoms with van der Waals surface area (Å²) in [5.74, 6) is -0.0536. The SMILES string of the molecule is O=C(O)CC1CCCN1CCOc1ccccc1Cl. The molecule has 1 aromatic carbocycles. The molecule has 1 saturated heterocycles. The molecule has 0 aromatic heterocycles. The van der Waals surface area contributed by atoms with E-state index in [4.69, 9.17) is 21.4 Å². The van der Waals surface area contributed by atoms with Gasteiger partial charge in [-0.15, -0.1) is 0 Å². The van der Waals surface area contributed by atoms with Gasteiger partial charge in [-0.2, -0.15) is 0 Å². The van der Waals surface area contributed by atoms with Gasteiger partial charge in [0.05, 0.1) is 11.4 Å². The Kier molecular flexibility index (Phi) is 5.05. The second kappa shape index (κ2) is 6.78. The quantitative estimate of drug-likeness (QED) is 0.872. The number of ether oxygens (including phenoxy) is 1. The van der Waals surface area contributed by atoms with Gasteiger partial charge in [0.1, 0.15) is 12.4 Å². The number of hydrogen-bond donors (Lipinski definition) is 1. The van der Waals surface area contributed by atoms with Crippen LogP contribution >= 0.6 is 11.6 Å². The van der Waals surface area contributed by atoms with E-state index in [1.807, 2.05) is 18.2 Å². The molecule has 1 atom stereocenters. The van der Waals surface area contributed by atoms with Gasteiger partial charge in [0.2, 0.25) is 0 Å². The summed E-state index contributed by atoms with van der Waals surface area (Å²) < 4.78 is 5.63. The first kappa shape index (κ1) is 14.2. The zero-order valence-electron chi connectivity index (χ0n) is 10.7. The van der Waals surface area contributed by atoms with Crippen molar-refractivity contribution in [2.75, 3.05) is 19.7 Å². The lowest BCUT2D eigenvalue weighted by Gasteiger charge is -2.23. The Hall–Kier alpha value is -1.26. The van der Waals surface area contributed by atoms with Crippen molar-refractivity contribution in [1.29, 1.82) is 0 Å². The number of rotatable bonds is 6. The van der Waals surface area contributed by atoms with Crippen molar-refractivity contribution in [1.82, 2.24) is 4.90 Å². The van der Waals surface area contributed by atoms with Crippen LogP contribution in [0.25, 0.3) is 0 Å². The van der Waals surface area contributed by atoms with E-state index in [1.165, 1.54) is 0 Å². The molecular weight excluding hydrogens is 266 g/mol. The summed E-state index contributed by atoms with van der Waals surface area (Å²) in [6.45, 7) is 2.22. The standard InChI is InChI=1S/C14H18ClNO3/c15-12-5-1-2-6-13(12)19-9-8-16-7-3-4-11(16)10-14(17)18/h1-2,5-6,11H,3-4,7-10H2,(H,17,18). The molecule has 0 spiro atoms. The lowest BCUT2D eigenvalue weighted by atomic mass is 10.1. The summed E-state index contributed by atoms with van der Waals surface area (Å²) in [7, 11) is 0. The average Bonchev–Trinajstić information content (AvgIpc) is 2.78. The second-order valence-electron chi connectivity index (χ2n) is 4.71. The first-order chi connectivity index (χ1) is 9.16. The average molecular weight is 284 g/mol. The smallest absolute Gasteiger partial charge is 0.304 e. The monoisotopic (exact) mass is 283 g/mol. The van der Waals surface area contributed by atoms with Crippen LogP contribution in [0.15, 0.2) is 24.3 Å². The van der Waals surface area contributed by atoms with Crippen LogP contribution in [0.3, 0.4) is 0 Å². The molecule has 0 saturated carbocycles. The summed E-state index contributed by atoms with van der Waals surface area (Å²) in [5.41, 5.74) is 0. The fourth-order valence-electron chi connectivity index (χ4n) is 2.46. The van der Waals surface area contributed by atoms with Crippen LogP contribution in [0, 0.1) is 0 Å². The Labute approximate surface area is 117 Å². The molecule has 1 aliphatic rings. The molecule has 1 aromatic rings. The largest absolute Gasteiger partial charge is 0.491 e. The predicted octanol–water partition coefficient (Wildman–Crippen LogP) is 2.66. The first-order valence-corrected chi connectivity index (χ1v) is 6.88. The molecule has 1 heterocycles. The molecule has 0 radical (unpaired) electrons. The van der Waals surface area contributed by atoms with Crippen LogP contribution in [0.4, 0.5) is 0 Å². The lowest BCUT2D eigenvalue weighted by Crippen LogP contribution is -2.34. The Morgan fingerprint density at radius 1 is 1.47 bits per heavy atom. The molecular formula is C14H18ClNO3. The molecule has 0 aliphatic carbocycles. The number of halogens is 1. The van der Waals surface area contributed by atoms with Crippen molar-refractivity contribution < 1.29 is 14.6 Å². The van der Waals surface area contributed by atoms with E-state index in [-0.39, 0.29) is 12.5 Å². The zero-order valence-corrected chi connectivity index (χ0v) is 11.5. The Balaban J connectivity index is 1.79. The normalized spacial score (nSPS) is 19.5. The van der Waals surface area contributed by atoms with Crippen molar-refractivity contribution in [2.45, 2.75) is 25.3 Å². The van der Waals surface area contributed by atoms with E-state index in [0.717, 1.165) is 25.9 Å². The molecule has 1 unspecified atom stereocenters. The molecule has 4 nitrogen and oxygen atoms in total. The summed E-state index contributed by atoms with van der Waals surface area (Å²) in [6, 6.07) is 7.51. The van der Waals surface area contributed by atoms with Gasteiger partial charge in [0.15, 0.2) is 0 Å². The molecule has 0 amide bonds. The number of carboxylic acid groups (broad SMARTS) is 1. The maximum atomic E-state index is 10.8. The van der Waals surface area contributed by atoms with Gasteiger partial charge in [0.25, 0.3) is 0 Å². The van der Waals surface area contributed by atoms with Gasteiger partial charge in [-0.1, -0.05) is 23.7 Å². The maximum Gasteiger partial charge on any atom is 0.304 e. The molecule has 104 valence electrons. The number of nitrogens with zero attached hydrogens (tertiary/aromatic N) is 1. The summed E-state index contributed by atoms with van der Waals surface area (Å²) >= 11 is 6.00. The number of para-hydroxylation sites is 1. The van der Waals surface area contributed by atoms with Crippen molar-refractivity contribution in [3.8, 4) is 5.75 Å². The minimum Gasteiger partial charge on any atom is -0.491 e. The van der Waals surface area contributed by atoms with Crippen LogP contribution < -0.4 is 4.74 Å². The van der Waals surface area contributed by atoms with E-state index in [2.05, 4.69) is 4.90 Å². The third kappa shape index (κ3) is 4.11. The highest BCUT2D eigenvalue weighted by molar-refractivity contribution is 6.32. The second-order valence-corrected chi connectivity index (χ2v) is 5.12. The Morgan fingerprint density at radius 2 is 2.26 bits per heavy atom. The highest BCUT2D eigenvalue weighted by Gasteiger charge is 2.26. The molecule has 19 heavy (non-hydrogen) atoms. The molecule has 0 bridgehead atoms. The summed E-state index contributed by atoms with van der Waals surface area (Å²) in [6.07, 6.45) is 2.23. The first-order valence-electron chi connectivity index (χ1n) is 6.50. The minimum atomic E-state index is -0.732. The van der Waals surface area contributed by atoms with Gasteiger partial charge < -0.3 is 9.84 Å². The molecule has 2 rings (SSSR count). The van der Waals surface area contributed by atoms with E-state index in [1.54, 1.807) is 6.07 Å². The van der Waals surface area contributed by atoms with E-state index < -0.39 is 5.97 Å². The van der Waals surface area contributed by atoms with E-state index >= 15 is 0 Å². The molecule has 5 heteroatoms. The van der Waals surface area contributed by atoms with Crippen molar-refractivity contribution in [2.24, 2.45) is 0 Å². The number of carboxylic acids is 1. The third-order valence-electron chi connectivity index (χ3n) is 3.38. The number of benzene rings is 1. The number of aliphatic carboxylic acids is 1. The Bertz CT molecular complexity index is 438. The maximum absolute atomic E-state index is 10.8. The van der Waals surface area contributed by atoms with Gasteiger partial charge in [-0.25, -0.2) is 0 Å². The molecule has 1 aliphatic heterocycles. The number of likely N-dealkylation sites (tertiary alicyclic amines) is 1. The van der Waals surface area contributed by atoms with Crippen molar-refractivity contribution >= 4 is 17.6 Å². The van der Waals surface area contributed by atoms with Gasteiger partial charge in [-0.05, 0) is 31.5 Å².